The summed E-state index contributed by atoms with van der Waals surface area (Å²) in [6, 6.07) is 8.44. The van der Waals surface area contributed by atoms with Gasteiger partial charge in [0.2, 0.25) is 5.91 Å². The molecule has 0 radical (unpaired) electrons. The lowest BCUT2D eigenvalue weighted by molar-refractivity contribution is -0.143. The summed E-state index contributed by atoms with van der Waals surface area (Å²) in [4.78, 5) is 17.6. The van der Waals surface area contributed by atoms with E-state index in [1.165, 1.54) is 23.2 Å². The molecule has 1 aromatic carbocycles. The molecule has 2 fully saturated rings. The second kappa shape index (κ2) is 8.78. The summed E-state index contributed by atoms with van der Waals surface area (Å²) in [6.45, 7) is 12.7. The number of amides is 1. The van der Waals surface area contributed by atoms with Crippen LogP contribution < -0.4 is 0 Å². The molecular formula is C26H38N4O. The van der Waals surface area contributed by atoms with E-state index in [9.17, 15) is 4.79 Å². The van der Waals surface area contributed by atoms with Gasteiger partial charge in [-0.1, -0.05) is 31.5 Å². The summed E-state index contributed by atoms with van der Waals surface area (Å²) in [7, 11) is 1.98. The van der Waals surface area contributed by atoms with E-state index in [0.717, 1.165) is 63.2 Å². The molecule has 1 atom stereocenters. The van der Waals surface area contributed by atoms with Crippen LogP contribution in [0.3, 0.4) is 0 Å². The van der Waals surface area contributed by atoms with Crippen LogP contribution in [0.5, 0.6) is 0 Å². The number of piperidine rings is 1. The quantitative estimate of drug-likeness (QED) is 0.720. The summed E-state index contributed by atoms with van der Waals surface area (Å²) < 4.78 is 2.10. The average molecular weight is 423 g/mol. The van der Waals surface area contributed by atoms with Crippen LogP contribution in [0.1, 0.15) is 61.5 Å². The number of hydrogen-bond acceptors (Lipinski definition) is 3. The Balaban J connectivity index is 1.45. The van der Waals surface area contributed by atoms with Gasteiger partial charge >= 0.3 is 0 Å². The van der Waals surface area contributed by atoms with Gasteiger partial charge < -0.3 is 4.90 Å². The van der Waals surface area contributed by atoms with Crippen LogP contribution >= 0.6 is 0 Å². The van der Waals surface area contributed by atoms with Gasteiger partial charge in [-0.25, -0.2) is 4.68 Å². The standard InChI is InChI=1S/C26H38N4O/c1-19-10-6-7-11-24(19)30-21(3)23(20(2)27-30)18-29-16-12-22(13-17-29)26(4)14-8-9-15-28(5)25(26)31/h6-7,10-11,22H,8-9,12-18H2,1-5H3. The molecule has 0 N–H and O–H groups in total. The number of nitrogens with zero attached hydrogens (tertiary/aromatic N) is 4. The minimum atomic E-state index is -0.182. The molecule has 0 saturated carbocycles. The van der Waals surface area contributed by atoms with Gasteiger partial charge in [0.1, 0.15) is 0 Å². The third kappa shape index (κ3) is 4.17. The van der Waals surface area contributed by atoms with E-state index in [2.05, 4.69) is 61.5 Å². The highest BCUT2D eigenvalue weighted by Gasteiger charge is 2.44. The summed E-state index contributed by atoms with van der Waals surface area (Å²) in [5.41, 5.74) is 5.93. The van der Waals surface area contributed by atoms with Crippen molar-refractivity contribution in [3.8, 4) is 5.69 Å². The van der Waals surface area contributed by atoms with Gasteiger partial charge in [-0.2, -0.15) is 5.10 Å². The molecule has 1 amide bonds. The van der Waals surface area contributed by atoms with Crippen LogP contribution in [0, 0.1) is 32.1 Å². The van der Waals surface area contributed by atoms with Crippen molar-refractivity contribution in [3.05, 3.63) is 46.8 Å². The summed E-state index contributed by atoms with van der Waals surface area (Å²) in [5, 5.41) is 4.87. The maximum atomic E-state index is 13.1. The fourth-order valence-corrected chi connectivity index (χ4v) is 5.76. The van der Waals surface area contributed by atoms with Crippen molar-refractivity contribution in [1.82, 2.24) is 19.6 Å². The zero-order valence-electron chi connectivity index (χ0n) is 19.9. The zero-order valence-corrected chi connectivity index (χ0v) is 19.9. The molecule has 0 spiro atoms. The Hall–Kier alpha value is -2.14. The third-order valence-electron chi connectivity index (χ3n) is 7.93. The Kier molecular flexibility index (Phi) is 6.25. The molecule has 5 nitrogen and oxygen atoms in total. The first kappa shape index (κ1) is 22.1. The van der Waals surface area contributed by atoms with E-state index in [1.807, 2.05) is 11.9 Å². The second-order valence-corrected chi connectivity index (χ2v) is 10.00. The predicted molar refractivity (Wildman–Crippen MR) is 125 cm³/mol. The lowest BCUT2D eigenvalue weighted by Crippen LogP contribution is -2.47. The highest BCUT2D eigenvalue weighted by molar-refractivity contribution is 5.82. The van der Waals surface area contributed by atoms with Crippen molar-refractivity contribution in [3.63, 3.8) is 0 Å². The maximum absolute atomic E-state index is 13.1. The first-order valence-corrected chi connectivity index (χ1v) is 11.9. The molecule has 4 rings (SSSR count). The van der Waals surface area contributed by atoms with Crippen LogP contribution in [-0.4, -0.2) is 52.2 Å². The predicted octanol–water partition coefficient (Wildman–Crippen LogP) is 4.66. The Morgan fingerprint density at radius 3 is 2.48 bits per heavy atom. The molecule has 5 heteroatoms. The van der Waals surface area contributed by atoms with Crippen LogP contribution in [0.2, 0.25) is 0 Å². The first-order chi connectivity index (χ1) is 14.8. The largest absolute Gasteiger partial charge is 0.345 e. The Labute approximate surface area is 187 Å². The van der Waals surface area contributed by atoms with Crippen LogP contribution in [0.4, 0.5) is 0 Å². The molecule has 1 aromatic heterocycles. The van der Waals surface area contributed by atoms with Crippen molar-refractivity contribution in [2.24, 2.45) is 11.3 Å². The molecule has 3 heterocycles. The van der Waals surface area contributed by atoms with Crippen molar-refractivity contribution >= 4 is 5.91 Å². The van der Waals surface area contributed by atoms with Crippen LogP contribution in [0.15, 0.2) is 24.3 Å². The lowest BCUT2D eigenvalue weighted by atomic mass is 9.69. The molecular weight excluding hydrogens is 384 g/mol. The SMILES string of the molecule is Cc1ccccc1-n1nc(C)c(CN2CCC(C3(C)CCCCN(C)C3=O)CC2)c1C. The number of hydrogen-bond donors (Lipinski definition) is 0. The highest BCUT2D eigenvalue weighted by Crippen LogP contribution is 2.42. The van der Waals surface area contributed by atoms with Crippen molar-refractivity contribution < 1.29 is 4.79 Å². The molecule has 2 saturated heterocycles. The van der Waals surface area contributed by atoms with Crippen molar-refractivity contribution in [2.75, 3.05) is 26.7 Å². The van der Waals surface area contributed by atoms with E-state index >= 15 is 0 Å². The number of rotatable bonds is 4. The van der Waals surface area contributed by atoms with Crippen molar-refractivity contribution in [1.29, 1.82) is 0 Å². The number of para-hydroxylation sites is 1. The van der Waals surface area contributed by atoms with Crippen molar-refractivity contribution in [2.45, 2.75) is 66.3 Å². The molecule has 0 aliphatic carbocycles. The van der Waals surface area contributed by atoms with Crippen LogP contribution in [-0.2, 0) is 11.3 Å². The normalized spacial score (nSPS) is 23.9. The average Bonchev–Trinajstić information content (AvgIpc) is 2.96. The van der Waals surface area contributed by atoms with Gasteiger partial charge in [0.25, 0.3) is 0 Å². The topological polar surface area (TPSA) is 41.4 Å². The highest BCUT2D eigenvalue weighted by atomic mass is 16.2. The fraction of sp³-hybridized carbons (Fsp3) is 0.615. The molecule has 2 aliphatic heterocycles. The molecule has 31 heavy (non-hydrogen) atoms. The number of aryl methyl sites for hydroxylation is 2. The third-order valence-corrected chi connectivity index (χ3v) is 7.93. The molecule has 1 unspecified atom stereocenters. The molecule has 2 aromatic rings. The maximum Gasteiger partial charge on any atom is 0.228 e. The Morgan fingerprint density at radius 1 is 1.06 bits per heavy atom. The van der Waals surface area contributed by atoms with Gasteiger partial charge in [0, 0.05) is 36.8 Å². The monoisotopic (exact) mass is 422 g/mol. The minimum absolute atomic E-state index is 0.182. The van der Waals surface area contributed by atoms with E-state index in [0.29, 0.717) is 11.8 Å². The first-order valence-electron chi connectivity index (χ1n) is 11.9. The van der Waals surface area contributed by atoms with Gasteiger partial charge in [0.05, 0.1) is 11.4 Å². The molecule has 2 aliphatic rings. The summed E-state index contributed by atoms with van der Waals surface area (Å²) >= 11 is 0. The molecule has 168 valence electrons. The summed E-state index contributed by atoms with van der Waals surface area (Å²) in [5.74, 6) is 0.864. The number of carbonyl (C=O) groups is 1. The van der Waals surface area contributed by atoms with E-state index in [-0.39, 0.29) is 5.41 Å². The minimum Gasteiger partial charge on any atom is -0.345 e. The van der Waals surface area contributed by atoms with E-state index < -0.39 is 0 Å². The van der Waals surface area contributed by atoms with E-state index in [1.54, 1.807) is 0 Å². The summed E-state index contributed by atoms with van der Waals surface area (Å²) in [6.07, 6.45) is 5.58. The van der Waals surface area contributed by atoms with Crippen LogP contribution in [0.25, 0.3) is 5.69 Å². The van der Waals surface area contributed by atoms with Gasteiger partial charge in [-0.15, -0.1) is 0 Å². The number of benzene rings is 1. The lowest BCUT2D eigenvalue weighted by Gasteiger charge is -2.42. The zero-order chi connectivity index (χ0) is 22.2. The van der Waals surface area contributed by atoms with Gasteiger partial charge in [-0.3, -0.25) is 9.69 Å². The Morgan fingerprint density at radius 2 is 1.77 bits per heavy atom. The molecule has 0 bridgehead atoms. The Bertz CT molecular complexity index is 941. The second-order valence-electron chi connectivity index (χ2n) is 10.00. The van der Waals surface area contributed by atoms with Gasteiger partial charge in [0.15, 0.2) is 0 Å². The smallest absolute Gasteiger partial charge is 0.228 e. The number of aromatic nitrogens is 2. The van der Waals surface area contributed by atoms with E-state index in [4.69, 9.17) is 5.10 Å². The number of carbonyl (C=O) groups excluding carboxylic acids is 1. The number of likely N-dealkylation sites (tertiary alicyclic amines) is 2. The fourth-order valence-electron chi connectivity index (χ4n) is 5.76. The van der Waals surface area contributed by atoms with Gasteiger partial charge in [-0.05, 0) is 77.1 Å².